The Morgan fingerprint density at radius 2 is 1.60 bits per heavy atom. The second-order valence-corrected chi connectivity index (χ2v) is 20.8. The van der Waals surface area contributed by atoms with Gasteiger partial charge in [0.05, 0.1) is 41.0 Å². The largest absolute Gasteiger partial charge is 0.494 e. The van der Waals surface area contributed by atoms with Crippen molar-refractivity contribution in [3.05, 3.63) is 82.5 Å². The first-order chi connectivity index (χ1) is 30.3. The van der Waals surface area contributed by atoms with Gasteiger partial charge in [0, 0.05) is 105 Å². The first-order valence-electron chi connectivity index (χ1n) is 21.7. The molecule has 2 aromatic heterocycles. The van der Waals surface area contributed by atoms with Crippen LogP contribution in [-0.4, -0.2) is 116 Å². The quantitative estimate of drug-likeness (QED) is 0.110. The second kappa shape index (κ2) is 19.0. The zero-order valence-electron chi connectivity index (χ0n) is 36.5. The number of carbonyl (C=O) groups excluding carboxylic acids is 1. The molecule has 3 saturated heterocycles. The Balaban J connectivity index is 0.896. The van der Waals surface area contributed by atoms with Crippen LogP contribution in [0, 0.1) is 17.6 Å². The molecule has 63 heavy (non-hydrogen) atoms. The van der Waals surface area contributed by atoms with E-state index in [1.54, 1.807) is 32.7 Å². The number of nitrogens with one attached hydrogen (secondary N) is 2. The smallest absolute Gasteiger partial charge is 0.229 e. The maximum Gasteiger partial charge on any atom is 0.229 e. The van der Waals surface area contributed by atoms with Gasteiger partial charge in [-0.05, 0) is 104 Å². The van der Waals surface area contributed by atoms with Crippen LogP contribution in [0.2, 0.25) is 0 Å². The van der Waals surface area contributed by atoms with Crippen molar-refractivity contribution in [1.29, 1.82) is 0 Å². The zero-order chi connectivity index (χ0) is 44.4. The van der Waals surface area contributed by atoms with E-state index in [2.05, 4.69) is 65.4 Å². The Kier molecular flexibility index (Phi) is 13.4. The number of nitrogens with zero attached hydrogens (tertiary/aromatic N) is 7. The highest BCUT2D eigenvalue weighted by molar-refractivity contribution is 9.10. The maximum atomic E-state index is 13.8. The number of carbonyl (C=O) groups is 1. The maximum absolute atomic E-state index is 13.8. The van der Waals surface area contributed by atoms with E-state index in [0.29, 0.717) is 95.3 Å². The summed E-state index contributed by atoms with van der Waals surface area (Å²) in [6.45, 7) is 14.0. The lowest BCUT2D eigenvalue weighted by Gasteiger charge is -2.44. The Labute approximate surface area is 376 Å². The van der Waals surface area contributed by atoms with E-state index in [1.165, 1.54) is 17.7 Å². The lowest BCUT2D eigenvalue weighted by atomic mass is 9.99. The first kappa shape index (κ1) is 44.6. The third kappa shape index (κ3) is 9.88. The molecule has 13 nitrogen and oxygen atoms in total. The number of pyridine rings is 1. The number of halogens is 3. The topological polar surface area (TPSA) is 128 Å². The number of methoxy groups -OCH3 is 1. The number of aromatic nitrogens is 3. The number of benzene rings is 3. The molecule has 0 spiro atoms. The molecule has 5 heterocycles. The fourth-order valence-corrected chi connectivity index (χ4v) is 11.0. The van der Waals surface area contributed by atoms with Gasteiger partial charge in [-0.3, -0.25) is 9.69 Å². The Morgan fingerprint density at radius 3 is 2.29 bits per heavy atom. The number of hydrogen-bond donors (Lipinski definition) is 2. The third-order valence-corrected chi connectivity index (χ3v) is 14.5. The van der Waals surface area contributed by atoms with Crippen LogP contribution in [0.1, 0.15) is 38.7 Å². The molecule has 1 atom stereocenters. The van der Waals surface area contributed by atoms with Gasteiger partial charge in [0.25, 0.3) is 0 Å². The summed E-state index contributed by atoms with van der Waals surface area (Å²) in [5.41, 5.74) is 4.93. The summed E-state index contributed by atoms with van der Waals surface area (Å²) in [6, 6.07) is 15.7. The van der Waals surface area contributed by atoms with Gasteiger partial charge in [-0.2, -0.15) is 4.98 Å². The van der Waals surface area contributed by atoms with Crippen molar-refractivity contribution >= 4 is 79.7 Å². The van der Waals surface area contributed by atoms with E-state index in [9.17, 15) is 18.1 Å². The molecule has 3 aliphatic rings. The Hall–Kier alpha value is -5.05. The number of rotatable bonds is 13. The number of piperazine rings is 1. The molecule has 1 amide bonds. The van der Waals surface area contributed by atoms with Crippen LogP contribution < -0.4 is 35.2 Å². The van der Waals surface area contributed by atoms with Crippen LogP contribution in [0.5, 0.6) is 11.6 Å². The van der Waals surface area contributed by atoms with Gasteiger partial charge in [-0.25, -0.2) is 18.7 Å². The summed E-state index contributed by atoms with van der Waals surface area (Å²) in [6.07, 6.45) is 5.20. The van der Waals surface area contributed by atoms with Crippen LogP contribution in [0.15, 0.2) is 65.3 Å². The average molecular weight is 947 g/mol. The summed E-state index contributed by atoms with van der Waals surface area (Å²) in [7, 11) is -1.12. The molecule has 3 aromatic carbocycles. The number of anilines is 6. The van der Waals surface area contributed by atoms with E-state index in [-0.39, 0.29) is 11.8 Å². The predicted molar refractivity (Wildman–Crippen MR) is 251 cm³/mol. The van der Waals surface area contributed by atoms with Gasteiger partial charge in [0.1, 0.15) is 30.3 Å². The molecule has 0 aliphatic carbocycles. The van der Waals surface area contributed by atoms with Gasteiger partial charge in [0.2, 0.25) is 17.7 Å². The molecule has 0 radical (unpaired) electrons. The molecule has 8 rings (SSSR count). The van der Waals surface area contributed by atoms with E-state index < -0.39 is 18.8 Å². The molecule has 0 bridgehead atoms. The van der Waals surface area contributed by atoms with Gasteiger partial charge in [0.15, 0.2) is 0 Å². The van der Waals surface area contributed by atoms with Crippen molar-refractivity contribution in [1.82, 2.24) is 24.8 Å². The lowest BCUT2D eigenvalue weighted by Crippen LogP contribution is -2.55. The fraction of sp³-hybridized carbons (Fsp3) is 0.435. The summed E-state index contributed by atoms with van der Waals surface area (Å²) in [5, 5.41) is 8.27. The fourth-order valence-electron chi connectivity index (χ4n) is 9.26. The number of fused-ring (bicyclic) bond motifs is 1. The number of hydrogen-bond acceptors (Lipinski definition) is 12. The van der Waals surface area contributed by atoms with Gasteiger partial charge in [-0.15, -0.1) is 0 Å². The number of amides is 1. The van der Waals surface area contributed by atoms with Crippen LogP contribution in [-0.2, 0) is 15.8 Å². The molecule has 2 N–H and O–H groups in total. The highest BCUT2D eigenvalue weighted by atomic mass is 79.9. The van der Waals surface area contributed by atoms with E-state index >= 15 is 0 Å². The van der Waals surface area contributed by atoms with Crippen LogP contribution in [0.25, 0.3) is 10.9 Å². The normalized spacial score (nSPS) is 17.7. The molecule has 17 heteroatoms. The average Bonchev–Trinajstić information content (AvgIpc) is 3.77. The Bertz CT molecular complexity index is 2510. The molecule has 5 aromatic rings. The monoisotopic (exact) mass is 945 g/mol. The van der Waals surface area contributed by atoms with E-state index in [4.69, 9.17) is 14.5 Å². The summed E-state index contributed by atoms with van der Waals surface area (Å²) >= 11 is 3.61. The van der Waals surface area contributed by atoms with Crippen molar-refractivity contribution in [3.63, 3.8) is 0 Å². The second-order valence-electron chi connectivity index (χ2n) is 16.8. The molecule has 334 valence electrons. The summed E-state index contributed by atoms with van der Waals surface area (Å²) in [4.78, 5) is 36.4. The molecular weight excluding hydrogens is 891 g/mol. The minimum Gasteiger partial charge on any atom is -0.494 e. The van der Waals surface area contributed by atoms with Crippen molar-refractivity contribution < 1.29 is 27.6 Å². The highest BCUT2D eigenvalue weighted by Gasteiger charge is 2.35. The van der Waals surface area contributed by atoms with Crippen LogP contribution in [0.4, 0.5) is 43.3 Å². The van der Waals surface area contributed by atoms with Crippen LogP contribution >= 0.6 is 23.1 Å². The molecule has 3 aliphatic heterocycles. The molecule has 0 saturated carbocycles. The van der Waals surface area contributed by atoms with Gasteiger partial charge >= 0.3 is 0 Å². The first-order valence-corrected chi connectivity index (χ1v) is 25.1. The van der Waals surface area contributed by atoms with Crippen molar-refractivity contribution in [2.75, 3.05) is 99.8 Å². The van der Waals surface area contributed by atoms with E-state index in [0.717, 1.165) is 68.3 Å². The third-order valence-electron chi connectivity index (χ3n) is 12.4. The molecular formula is C46H55BrF2N9O4P. The highest BCUT2D eigenvalue weighted by Crippen LogP contribution is 2.43. The zero-order valence-corrected chi connectivity index (χ0v) is 38.9. The number of ether oxygens (including phenoxy) is 2. The number of aryl methyl sites for hydroxylation is 1. The molecule has 1 unspecified atom stereocenters. The summed E-state index contributed by atoms with van der Waals surface area (Å²) < 4.78 is 53.6. The Morgan fingerprint density at radius 1 is 0.873 bits per heavy atom. The SMILES string of the molecule is CCOc1ccc2c(P(C)(C)=O)c(Nc3nc(Nc4cc(CC)c(N5CCC(N6CCN(C(=O)C7CCN(c8cc(F)cc(F)c8)C7)CC6)CC5)cc4OC)ncc3Br)ccc2n1. The van der Waals surface area contributed by atoms with Crippen LogP contribution in [0.3, 0.4) is 0 Å². The standard InChI is InChI=1S/C46H55BrF2N9O4P/c1-6-29-22-39(53-46-50-27-36(47)44(54-46)52-38-10-9-37-35(43(38)63(4,5)60)8-11-42(51-37)62-7-2)41(61-3)26-40(29)56-16-13-33(14-17-56)55-18-20-57(21-19-55)45(59)30-12-15-58(28-30)34-24-31(48)23-32(49)25-34/h8-11,22-27,30,33H,6-7,12-21,28H2,1-5H3,(H2,50,52,53,54). The van der Waals surface area contributed by atoms with Gasteiger partial charge < -0.3 is 39.4 Å². The predicted octanol–water partition coefficient (Wildman–Crippen LogP) is 8.41. The molecule has 3 fully saturated rings. The van der Waals surface area contributed by atoms with Crippen molar-refractivity contribution in [2.24, 2.45) is 5.92 Å². The summed E-state index contributed by atoms with van der Waals surface area (Å²) in [5.74, 6) is 0.824. The van der Waals surface area contributed by atoms with Crippen molar-refractivity contribution in [3.8, 4) is 11.6 Å². The minimum atomic E-state index is -2.79. The van der Waals surface area contributed by atoms with Gasteiger partial charge in [-0.1, -0.05) is 6.92 Å². The minimum absolute atomic E-state index is 0.141. The van der Waals surface area contributed by atoms with Crippen molar-refractivity contribution in [2.45, 2.75) is 45.6 Å². The lowest BCUT2D eigenvalue weighted by molar-refractivity contribution is -0.137. The number of piperidine rings is 1. The van der Waals surface area contributed by atoms with E-state index in [1.807, 2.05) is 34.9 Å².